The summed E-state index contributed by atoms with van der Waals surface area (Å²) in [4.78, 5) is 263. The molecule has 2 saturated heterocycles. The smallest absolute Gasteiger partial charge is 0.326 e. The third-order valence-corrected chi connectivity index (χ3v) is 25.8. The second-order valence-corrected chi connectivity index (χ2v) is 37.6. The Kier molecular flexibility index (Phi) is 52.4. The largest absolute Gasteiger partial charge is 0.508 e. The van der Waals surface area contributed by atoms with Crippen LogP contribution in [0.2, 0.25) is 0 Å². The molecule has 0 radical (unpaired) electrons. The number of aromatic hydroxyl groups is 2. The maximum absolute atomic E-state index is 16.1. The van der Waals surface area contributed by atoms with Crippen LogP contribution < -0.4 is 147 Å². The second-order valence-electron chi connectivity index (χ2n) is 35.0. The Morgan fingerprint density at radius 2 is 0.795 bits per heavy atom. The van der Waals surface area contributed by atoms with Crippen molar-refractivity contribution in [3.8, 4) is 11.5 Å². The van der Waals surface area contributed by atoms with Crippen LogP contribution in [0.1, 0.15) is 152 Å². The molecule has 0 saturated carbocycles. The first-order valence-corrected chi connectivity index (χ1v) is 50.6. The SMILES string of the molecule is CC(=O)N[C@@H](CCCNC(=N)N)C(=O)N[C@@H](CCCNC(=N)N)C(=O)N[C@@H](Cc1ccc2ccccc2c1)C(=O)N[C@H]1CSSC[C@@H](C(=O)N[C@@H](CCCNC(=N)N)C(=O)O)NC(=O)[C@H](CCCNC(N)=O)NC(=O)[C@H](CCCNC(N)=O)NC(=O)[C@H](Cc2ccc(O)cc2)NC(=O)[C@@H]2CCCN2C(=O)[C@@H](CCCCN)NC(=O)[C@H](CCCCN)NC(=O)[C@H](CCCNC(N)=O)NC(=O)[C@H](Cc2ccc(O)cc2)NC1=O. The van der Waals surface area contributed by atoms with Crippen molar-refractivity contribution in [2.45, 2.75) is 239 Å². The van der Waals surface area contributed by atoms with Crippen LogP contribution in [0, 0.1) is 16.2 Å². The molecule has 4 aromatic carbocycles. The number of urea groups is 3. The van der Waals surface area contributed by atoms with Crippen LogP contribution in [-0.2, 0) is 91.2 Å². The summed E-state index contributed by atoms with van der Waals surface area (Å²) in [6.45, 7) is 0.620. The normalized spacial score (nSPS) is 20.0. The van der Waals surface area contributed by atoms with E-state index in [2.05, 4.69) is 101 Å². The molecule has 146 heavy (non-hydrogen) atoms. The Morgan fingerprint density at radius 1 is 0.411 bits per heavy atom. The van der Waals surface area contributed by atoms with E-state index in [-0.39, 0.29) is 204 Å². The molecular formula is C92H141N31O21S2. The van der Waals surface area contributed by atoms with E-state index in [1.165, 1.54) is 53.4 Å². The van der Waals surface area contributed by atoms with Crippen LogP contribution >= 0.6 is 21.6 Å². The molecule has 4 aromatic rings. The van der Waals surface area contributed by atoms with Crippen LogP contribution in [0.5, 0.6) is 11.5 Å². The monoisotopic (exact) mass is 2080 g/mol. The number of benzene rings is 4. The molecule has 2 fully saturated rings. The minimum atomic E-state index is -1.95. The summed E-state index contributed by atoms with van der Waals surface area (Å²) in [5.41, 5.74) is 46.0. The number of nitrogens with zero attached hydrogens (tertiary/aromatic N) is 1. The number of fused-ring (bicyclic) bond motifs is 2. The molecule has 0 unspecified atom stereocenters. The number of carbonyl (C=O) groups excluding carboxylic acids is 17. The summed E-state index contributed by atoms with van der Waals surface area (Å²) in [6.07, 6.45) is -2.39. The van der Waals surface area contributed by atoms with E-state index in [4.69, 9.17) is 62.1 Å². The van der Waals surface area contributed by atoms with Gasteiger partial charge < -0.3 is 167 Å². The summed E-state index contributed by atoms with van der Waals surface area (Å²) >= 11 is 0. The summed E-state index contributed by atoms with van der Waals surface area (Å²) in [7, 11) is 1.41. The number of unbranched alkanes of at least 4 members (excludes halogenated alkanes) is 2. The Morgan fingerprint density at radius 3 is 1.24 bits per heavy atom. The number of guanidine groups is 3. The molecule has 0 bridgehead atoms. The number of phenolic OH excluding ortho intramolecular Hbond substituents is 2. The Labute approximate surface area is 851 Å². The van der Waals surface area contributed by atoms with Gasteiger partial charge in [0.05, 0.1) is 0 Å². The van der Waals surface area contributed by atoms with Gasteiger partial charge in [-0.25, -0.2) is 19.2 Å². The second kappa shape index (κ2) is 63.9. The van der Waals surface area contributed by atoms with Gasteiger partial charge in [-0.1, -0.05) is 88.3 Å². The average Bonchev–Trinajstić information content (AvgIpc) is 1.69. The molecule has 6 rings (SSSR count). The molecule has 41 N–H and O–H groups in total. The molecule has 14 atom stereocenters. The van der Waals surface area contributed by atoms with Crippen molar-refractivity contribution in [1.29, 1.82) is 16.2 Å². The standard InChI is InChI=1S/C92H141N31O21S2/c1-51(124)110-59(19-8-38-104-87(95)96)73(127)112-63(20-9-39-105-88(97)98)77(131)118-69(48-54-26-31-55-15-2-3-16-56(55)45-54)81(135)122-71-50-146-145-49-70(82(136)117-66(86(140)141)24-13-40-106-89(99)100)121-78(132)64(23-12-43-109-92(103)144)113-75(129)62(22-11-42-108-91(102)143)115-80(134)68(47-53-29-34-58(126)35-30-53)120-84(138)72-25-14-44-123(72)85(139)65(18-5-7-37-94)116-76(130)60(17-4-6-36-93)111-74(128)61(21-10-41-107-90(101)142)114-79(133)67(119-83(71)137)46-52-27-32-57(125)33-28-52/h2-3,15-16,26-35,45,59-72,125-126H,4-14,17-25,36-44,46-50,93-94H2,1H3,(H,110,124)(H,111,128)(H,112,127)(H,113,129)(H,114,133)(H,115,134)(H,116,130)(H,117,136)(H,118,131)(H,119,137)(H,120,138)(H,121,132)(H,122,135)(H,140,141)(H4,95,96,104)(H4,97,98,105)(H4,99,100,106)(H3,101,107,142)(H3,102,108,143)(H3,103,109,144)/t59-,60-,61-,62-,63-,64-,65+,66-,67-,68-,69-,70-,71-,72-/m0/s1. The van der Waals surface area contributed by atoms with E-state index in [0.717, 1.165) is 12.3 Å². The lowest BCUT2D eigenvalue weighted by atomic mass is 10.00. The number of amides is 20. The first-order chi connectivity index (χ1) is 69.6. The lowest BCUT2D eigenvalue weighted by Gasteiger charge is -2.31. The highest BCUT2D eigenvalue weighted by Crippen LogP contribution is 2.27. The fourth-order valence-electron chi connectivity index (χ4n) is 15.8. The van der Waals surface area contributed by atoms with Gasteiger partial charge in [0.15, 0.2) is 17.9 Å². The summed E-state index contributed by atoms with van der Waals surface area (Å²) in [5, 5.41) is 106. The summed E-state index contributed by atoms with van der Waals surface area (Å²) in [6, 6.07) is -3.38. The number of carboxylic acid groups (broad SMARTS) is 1. The molecule has 802 valence electrons. The van der Waals surface area contributed by atoms with Crippen molar-refractivity contribution in [2.24, 2.45) is 45.9 Å². The summed E-state index contributed by atoms with van der Waals surface area (Å²) < 4.78 is 0. The number of primary amides is 3. The molecule has 54 heteroatoms. The number of nitrogens with one attached hydrogen (secondary N) is 22. The zero-order valence-electron chi connectivity index (χ0n) is 81.4. The maximum atomic E-state index is 16.1. The fourth-order valence-corrected chi connectivity index (χ4v) is 18.2. The van der Waals surface area contributed by atoms with Gasteiger partial charge in [0.2, 0.25) is 82.7 Å². The number of nitrogens with two attached hydrogens (primary N) is 8. The van der Waals surface area contributed by atoms with Crippen molar-refractivity contribution < 1.29 is 102 Å². The molecule has 0 spiro atoms. The van der Waals surface area contributed by atoms with E-state index in [1.54, 1.807) is 36.4 Å². The number of rotatable bonds is 48. The molecule has 0 aliphatic carbocycles. The van der Waals surface area contributed by atoms with Crippen molar-refractivity contribution in [3.63, 3.8) is 0 Å². The molecule has 2 aliphatic heterocycles. The van der Waals surface area contributed by atoms with Crippen molar-refractivity contribution >= 4 is 157 Å². The molecular weight excluding hydrogens is 1940 g/mol. The van der Waals surface area contributed by atoms with Gasteiger partial charge in [-0.3, -0.25) is 83.4 Å². The van der Waals surface area contributed by atoms with E-state index < -0.39 is 234 Å². The van der Waals surface area contributed by atoms with Gasteiger partial charge in [0.1, 0.15) is 96.1 Å². The van der Waals surface area contributed by atoms with Gasteiger partial charge in [-0.2, -0.15) is 0 Å². The van der Waals surface area contributed by atoms with Crippen LogP contribution in [0.25, 0.3) is 10.8 Å². The quantitative estimate of drug-likeness (QED) is 0.00849. The molecule has 52 nitrogen and oxygen atoms in total. The zero-order valence-corrected chi connectivity index (χ0v) is 83.0. The van der Waals surface area contributed by atoms with Gasteiger partial charge in [-0.15, -0.1) is 0 Å². The van der Waals surface area contributed by atoms with E-state index in [9.17, 15) is 44.1 Å². The van der Waals surface area contributed by atoms with Crippen molar-refractivity contribution in [2.75, 3.05) is 70.4 Å². The van der Waals surface area contributed by atoms with Gasteiger partial charge >= 0.3 is 24.1 Å². The van der Waals surface area contributed by atoms with Gasteiger partial charge in [0, 0.05) is 83.5 Å². The number of carboxylic acids is 1. The highest BCUT2D eigenvalue weighted by atomic mass is 33.1. The molecule has 20 amide bonds. The van der Waals surface area contributed by atoms with Crippen molar-refractivity contribution in [3.05, 3.63) is 108 Å². The minimum Gasteiger partial charge on any atom is -0.508 e. The number of hydrogen-bond acceptors (Lipinski definition) is 27. The lowest BCUT2D eigenvalue weighted by Crippen LogP contribution is -2.61. The van der Waals surface area contributed by atoms with Crippen LogP contribution in [-0.4, -0.2) is 300 Å². The third kappa shape index (κ3) is 44.5. The predicted octanol–water partition coefficient (Wildman–Crippen LogP) is -5.53. The summed E-state index contributed by atoms with van der Waals surface area (Å²) in [5.74, 6) is -18.8. The molecule has 2 heterocycles. The first kappa shape index (κ1) is 120. The Bertz CT molecular complexity index is 5110. The topological polar surface area (TPSA) is 879 Å². The highest BCUT2D eigenvalue weighted by Gasteiger charge is 2.43. The average molecular weight is 2080 g/mol. The van der Waals surface area contributed by atoms with Crippen LogP contribution in [0.15, 0.2) is 91.0 Å². The number of phenols is 2. The Hall–Kier alpha value is -15.0. The third-order valence-electron chi connectivity index (χ3n) is 23.4. The van der Waals surface area contributed by atoms with E-state index >= 15 is 57.5 Å². The Balaban J connectivity index is 1.63. The lowest BCUT2D eigenvalue weighted by molar-refractivity contribution is -0.142. The highest BCUT2D eigenvalue weighted by molar-refractivity contribution is 8.76. The van der Waals surface area contributed by atoms with Crippen LogP contribution in [0.4, 0.5) is 14.4 Å². The minimum absolute atomic E-state index is 0.0102. The predicted molar refractivity (Wildman–Crippen MR) is 543 cm³/mol. The maximum Gasteiger partial charge on any atom is 0.326 e. The molecule has 0 aromatic heterocycles. The number of carbonyl (C=O) groups is 18. The first-order valence-electron chi connectivity index (χ1n) is 48.1. The zero-order chi connectivity index (χ0) is 107. The molecule has 2 aliphatic rings. The van der Waals surface area contributed by atoms with E-state index in [1.807, 2.05) is 6.07 Å². The number of hydrogen-bond donors (Lipinski definition) is 33. The van der Waals surface area contributed by atoms with Crippen LogP contribution in [0.3, 0.4) is 0 Å². The van der Waals surface area contributed by atoms with E-state index in [0.29, 0.717) is 44.5 Å². The van der Waals surface area contributed by atoms with Crippen molar-refractivity contribution in [1.82, 2.24) is 106 Å². The fraction of sp³-hybridized carbons (Fsp3) is 0.533. The van der Waals surface area contributed by atoms with Gasteiger partial charge in [-0.05, 0) is 193 Å². The number of aliphatic carboxylic acids is 1. The van der Waals surface area contributed by atoms with Gasteiger partial charge in [0.25, 0.3) is 0 Å².